The molecule has 1 aromatic heterocycles. The quantitative estimate of drug-likeness (QED) is 0.531. The SMILES string of the molecule is CC(=O)c1ccc(N2CCCC[C@H]2c2cn[nH]c2)c([N+](=O)[O-])c1. The lowest BCUT2D eigenvalue weighted by molar-refractivity contribution is -0.384. The molecule has 1 N–H and O–H groups in total. The highest BCUT2D eigenvalue weighted by atomic mass is 16.6. The van der Waals surface area contributed by atoms with E-state index >= 15 is 0 Å². The van der Waals surface area contributed by atoms with Gasteiger partial charge in [0.15, 0.2) is 5.78 Å². The van der Waals surface area contributed by atoms with E-state index in [4.69, 9.17) is 0 Å². The van der Waals surface area contributed by atoms with Crippen molar-refractivity contribution in [3.8, 4) is 0 Å². The monoisotopic (exact) mass is 314 g/mol. The summed E-state index contributed by atoms with van der Waals surface area (Å²) in [5.74, 6) is -0.176. The standard InChI is InChI=1S/C16H18N4O3/c1-11(21)12-5-6-15(16(8-12)20(22)23)19-7-3-2-4-14(19)13-9-17-18-10-13/h5-6,8-10,14H,2-4,7H2,1H3,(H,17,18)/t14-/m0/s1. The molecule has 1 aromatic carbocycles. The van der Waals surface area contributed by atoms with Gasteiger partial charge in [-0.1, -0.05) is 0 Å². The lowest BCUT2D eigenvalue weighted by Crippen LogP contribution is -2.33. The minimum Gasteiger partial charge on any atom is -0.359 e. The van der Waals surface area contributed by atoms with Gasteiger partial charge >= 0.3 is 0 Å². The van der Waals surface area contributed by atoms with E-state index < -0.39 is 4.92 Å². The summed E-state index contributed by atoms with van der Waals surface area (Å²) in [6.45, 7) is 2.16. The molecule has 1 aliphatic rings. The van der Waals surface area contributed by atoms with Crippen LogP contribution in [0.4, 0.5) is 11.4 Å². The molecule has 3 rings (SSSR count). The van der Waals surface area contributed by atoms with Crippen molar-refractivity contribution in [2.45, 2.75) is 32.2 Å². The Morgan fingerprint density at radius 3 is 2.91 bits per heavy atom. The van der Waals surface area contributed by atoms with E-state index in [0.29, 0.717) is 11.3 Å². The minimum absolute atomic E-state index is 0.0203. The van der Waals surface area contributed by atoms with E-state index in [1.165, 1.54) is 13.0 Å². The highest BCUT2D eigenvalue weighted by Crippen LogP contribution is 2.39. The van der Waals surface area contributed by atoms with Gasteiger partial charge in [-0.05, 0) is 38.3 Å². The van der Waals surface area contributed by atoms with Crippen LogP contribution in [0.5, 0.6) is 0 Å². The Morgan fingerprint density at radius 2 is 2.26 bits per heavy atom. The van der Waals surface area contributed by atoms with E-state index in [2.05, 4.69) is 15.1 Å². The number of benzene rings is 1. The number of nitro benzene ring substituents is 1. The Hall–Kier alpha value is -2.70. The molecular weight excluding hydrogens is 296 g/mol. The van der Waals surface area contributed by atoms with Crippen molar-refractivity contribution < 1.29 is 9.72 Å². The molecular formula is C16H18N4O3. The van der Waals surface area contributed by atoms with Crippen LogP contribution >= 0.6 is 0 Å². The molecule has 7 nitrogen and oxygen atoms in total. The zero-order valence-electron chi connectivity index (χ0n) is 12.9. The number of piperidine rings is 1. The fourth-order valence-electron chi connectivity index (χ4n) is 3.14. The number of Topliss-reactive ketones (excluding diaryl/α,β-unsaturated/α-hetero) is 1. The van der Waals surface area contributed by atoms with Crippen LogP contribution < -0.4 is 4.90 Å². The lowest BCUT2D eigenvalue weighted by Gasteiger charge is -2.36. The Morgan fingerprint density at radius 1 is 1.43 bits per heavy atom. The van der Waals surface area contributed by atoms with Gasteiger partial charge in [-0.2, -0.15) is 5.10 Å². The molecule has 1 aliphatic heterocycles. The maximum atomic E-state index is 11.5. The number of aromatic amines is 1. The first kappa shape index (κ1) is 15.2. The summed E-state index contributed by atoms with van der Waals surface area (Å²) in [4.78, 5) is 24.6. The van der Waals surface area contributed by atoms with Gasteiger partial charge < -0.3 is 4.90 Å². The molecule has 0 saturated carbocycles. The van der Waals surface area contributed by atoms with Crippen LogP contribution in [-0.2, 0) is 0 Å². The van der Waals surface area contributed by atoms with E-state index in [1.807, 2.05) is 6.20 Å². The number of hydrogen-bond donors (Lipinski definition) is 1. The average Bonchev–Trinajstić information content (AvgIpc) is 3.08. The molecule has 0 unspecified atom stereocenters. The van der Waals surface area contributed by atoms with Crippen molar-refractivity contribution >= 4 is 17.2 Å². The third-order valence-electron chi connectivity index (χ3n) is 4.30. The van der Waals surface area contributed by atoms with Gasteiger partial charge in [0.2, 0.25) is 0 Å². The first-order chi connectivity index (χ1) is 11.1. The zero-order valence-corrected chi connectivity index (χ0v) is 12.9. The van der Waals surface area contributed by atoms with Gasteiger partial charge in [0.1, 0.15) is 5.69 Å². The Bertz CT molecular complexity index is 727. The molecule has 0 amide bonds. The van der Waals surface area contributed by atoms with Crippen LogP contribution in [-0.4, -0.2) is 27.4 Å². The fraction of sp³-hybridized carbons (Fsp3) is 0.375. The summed E-state index contributed by atoms with van der Waals surface area (Å²) in [5.41, 5.74) is 1.92. The molecule has 23 heavy (non-hydrogen) atoms. The first-order valence-electron chi connectivity index (χ1n) is 7.62. The predicted molar refractivity (Wildman–Crippen MR) is 85.6 cm³/mol. The molecule has 1 fully saturated rings. The summed E-state index contributed by atoms with van der Waals surface area (Å²) in [6.07, 6.45) is 6.58. The van der Waals surface area contributed by atoms with Crippen LogP contribution in [0.25, 0.3) is 0 Å². The number of anilines is 1. The van der Waals surface area contributed by atoms with Crippen molar-refractivity contribution in [1.82, 2.24) is 10.2 Å². The molecule has 2 heterocycles. The van der Waals surface area contributed by atoms with Gasteiger partial charge in [0.05, 0.1) is 17.2 Å². The zero-order chi connectivity index (χ0) is 16.4. The van der Waals surface area contributed by atoms with Crippen molar-refractivity contribution in [2.75, 3.05) is 11.4 Å². The number of H-pyrrole nitrogens is 1. The number of ketones is 1. The third kappa shape index (κ3) is 2.94. The summed E-state index contributed by atoms with van der Waals surface area (Å²) in [6, 6.07) is 4.78. The van der Waals surface area contributed by atoms with E-state index in [-0.39, 0.29) is 17.5 Å². The van der Waals surface area contributed by atoms with Crippen molar-refractivity contribution in [2.24, 2.45) is 0 Å². The predicted octanol–water partition coefficient (Wildman–Crippen LogP) is 3.25. The smallest absolute Gasteiger partial charge is 0.293 e. The number of nitrogens with zero attached hydrogens (tertiary/aromatic N) is 3. The van der Waals surface area contributed by atoms with Crippen LogP contribution in [0.3, 0.4) is 0 Å². The summed E-state index contributed by atoms with van der Waals surface area (Å²) in [7, 11) is 0. The Balaban J connectivity index is 2.04. The number of carbonyl (C=O) groups is 1. The van der Waals surface area contributed by atoms with Gasteiger partial charge in [-0.3, -0.25) is 20.0 Å². The van der Waals surface area contributed by atoms with Crippen molar-refractivity contribution in [1.29, 1.82) is 0 Å². The second-order valence-electron chi connectivity index (χ2n) is 5.75. The first-order valence-corrected chi connectivity index (χ1v) is 7.62. The fourth-order valence-corrected chi connectivity index (χ4v) is 3.14. The van der Waals surface area contributed by atoms with E-state index in [1.54, 1.807) is 18.3 Å². The van der Waals surface area contributed by atoms with Crippen molar-refractivity contribution in [3.05, 3.63) is 51.8 Å². The summed E-state index contributed by atoms with van der Waals surface area (Å²) >= 11 is 0. The second kappa shape index (κ2) is 6.20. The molecule has 0 bridgehead atoms. The normalized spacial score (nSPS) is 18.0. The maximum Gasteiger partial charge on any atom is 0.293 e. The van der Waals surface area contributed by atoms with Gasteiger partial charge in [0, 0.05) is 29.9 Å². The number of carbonyl (C=O) groups excluding carboxylic acids is 1. The molecule has 1 saturated heterocycles. The topological polar surface area (TPSA) is 92.1 Å². The summed E-state index contributed by atoms with van der Waals surface area (Å²) in [5, 5.41) is 18.3. The summed E-state index contributed by atoms with van der Waals surface area (Å²) < 4.78 is 0. The minimum atomic E-state index is -0.414. The lowest BCUT2D eigenvalue weighted by atomic mass is 9.96. The molecule has 2 aromatic rings. The Labute approximate surface area is 133 Å². The van der Waals surface area contributed by atoms with Gasteiger partial charge in [-0.25, -0.2) is 0 Å². The highest BCUT2D eigenvalue weighted by Gasteiger charge is 2.30. The molecule has 120 valence electrons. The number of aromatic nitrogens is 2. The Kier molecular flexibility index (Phi) is 4.10. The molecule has 0 radical (unpaired) electrons. The van der Waals surface area contributed by atoms with Crippen LogP contribution in [0.1, 0.15) is 48.1 Å². The molecule has 1 atom stereocenters. The average molecular weight is 314 g/mol. The maximum absolute atomic E-state index is 11.5. The number of nitrogens with one attached hydrogen (secondary N) is 1. The van der Waals surface area contributed by atoms with Crippen molar-refractivity contribution in [3.63, 3.8) is 0 Å². The number of nitro groups is 1. The van der Waals surface area contributed by atoms with Crippen LogP contribution in [0.15, 0.2) is 30.6 Å². The van der Waals surface area contributed by atoms with Crippen LogP contribution in [0.2, 0.25) is 0 Å². The van der Waals surface area contributed by atoms with Gasteiger partial charge in [0.25, 0.3) is 5.69 Å². The number of rotatable bonds is 4. The number of hydrogen-bond acceptors (Lipinski definition) is 5. The highest BCUT2D eigenvalue weighted by molar-refractivity contribution is 5.95. The van der Waals surface area contributed by atoms with E-state index in [9.17, 15) is 14.9 Å². The molecule has 0 aliphatic carbocycles. The molecule has 7 heteroatoms. The van der Waals surface area contributed by atoms with E-state index in [0.717, 1.165) is 31.4 Å². The van der Waals surface area contributed by atoms with Crippen LogP contribution in [0, 0.1) is 10.1 Å². The third-order valence-corrected chi connectivity index (χ3v) is 4.30. The second-order valence-corrected chi connectivity index (χ2v) is 5.75. The largest absolute Gasteiger partial charge is 0.359 e. The van der Waals surface area contributed by atoms with Gasteiger partial charge in [-0.15, -0.1) is 0 Å². The molecule has 0 spiro atoms.